The molecule has 4 heteroatoms. The molecule has 3 nitrogen and oxygen atoms in total. The van der Waals surface area contributed by atoms with Gasteiger partial charge in [-0.2, -0.15) is 11.8 Å². The molecule has 3 unspecified atom stereocenters. The maximum absolute atomic E-state index is 11.7. The van der Waals surface area contributed by atoms with Crippen LogP contribution in [0.3, 0.4) is 0 Å². The van der Waals surface area contributed by atoms with Crippen LogP contribution in [0.15, 0.2) is 0 Å². The van der Waals surface area contributed by atoms with Gasteiger partial charge < -0.3 is 9.84 Å². The van der Waals surface area contributed by atoms with Gasteiger partial charge >= 0.3 is 5.97 Å². The number of esters is 1. The molecule has 88 valence electrons. The first kappa shape index (κ1) is 12.8. The summed E-state index contributed by atoms with van der Waals surface area (Å²) in [5.41, 5.74) is -0.897. The van der Waals surface area contributed by atoms with Crippen LogP contribution < -0.4 is 0 Å². The van der Waals surface area contributed by atoms with Gasteiger partial charge in [-0.1, -0.05) is 20.8 Å². The average Bonchev–Trinajstić information content (AvgIpc) is 2.47. The Bertz CT molecular complexity index is 242. The van der Waals surface area contributed by atoms with Crippen LogP contribution in [0.2, 0.25) is 0 Å². The number of carbonyl (C=O) groups is 1. The van der Waals surface area contributed by atoms with Gasteiger partial charge in [0.05, 0.1) is 18.6 Å². The Balaban J connectivity index is 2.92. The molecule has 0 aromatic carbocycles. The quantitative estimate of drug-likeness (QED) is 0.752. The molecular formula is C11H20O3S. The van der Waals surface area contributed by atoms with Gasteiger partial charge in [0.15, 0.2) is 0 Å². The van der Waals surface area contributed by atoms with Crippen molar-refractivity contribution in [3.8, 4) is 0 Å². The number of hydrogen-bond donors (Lipinski definition) is 1. The van der Waals surface area contributed by atoms with Crippen molar-refractivity contribution in [2.45, 2.75) is 38.0 Å². The van der Waals surface area contributed by atoms with E-state index >= 15 is 0 Å². The van der Waals surface area contributed by atoms with Gasteiger partial charge in [-0.15, -0.1) is 0 Å². The molecule has 1 N–H and O–H groups in total. The highest BCUT2D eigenvalue weighted by Crippen LogP contribution is 2.43. The fraction of sp³-hybridized carbons (Fsp3) is 0.909. The monoisotopic (exact) mass is 232 g/mol. The largest absolute Gasteiger partial charge is 0.469 e. The van der Waals surface area contributed by atoms with Crippen molar-refractivity contribution in [1.29, 1.82) is 0 Å². The van der Waals surface area contributed by atoms with Gasteiger partial charge in [0.2, 0.25) is 0 Å². The molecular weight excluding hydrogens is 212 g/mol. The summed E-state index contributed by atoms with van der Waals surface area (Å²) in [5.74, 6) is 0.315. The molecule has 15 heavy (non-hydrogen) atoms. The predicted molar refractivity (Wildman–Crippen MR) is 61.8 cm³/mol. The number of hydrogen-bond acceptors (Lipinski definition) is 4. The number of thioether (sulfide) groups is 1. The maximum atomic E-state index is 11.7. The van der Waals surface area contributed by atoms with Gasteiger partial charge in [-0.3, -0.25) is 4.79 Å². The van der Waals surface area contributed by atoms with Gasteiger partial charge in [-0.05, 0) is 18.1 Å². The van der Waals surface area contributed by atoms with E-state index in [1.807, 2.05) is 20.8 Å². The van der Waals surface area contributed by atoms with E-state index in [4.69, 9.17) is 4.74 Å². The van der Waals surface area contributed by atoms with E-state index < -0.39 is 11.5 Å². The highest BCUT2D eigenvalue weighted by Gasteiger charge is 2.50. The van der Waals surface area contributed by atoms with Crippen LogP contribution in [0, 0.1) is 11.8 Å². The lowest BCUT2D eigenvalue weighted by molar-refractivity contribution is -0.159. The Labute approximate surface area is 95.6 Å². The van der Waals surface area contributed by atoms with Gasteiger partial charge in [0, 0.05) is 5.25 Å². The van der Waals surface area contributed by atoms with Gasteiger partial charge in [-0.25, -0.2) is 0 Å². The highest BCUT2D eigenvalue weighted by molar-refractivity contribution is 8.00. The van der Waals surface area contributed by atoms with E-state index in [-0.39, 0.29) is 17.1 Å². The van der Waals surface area contributed by atoms with Crippen LogP contribution in [0.25, 0.3) is 0 Å². The third-order valence-corrected chi connectivity index (χ3v) is 4.58. The summed E-state index contributed by atoms with van der Waals surface area (Å²) in [4.78, 5) is 11.7. The molecule has 0 aromatic rings. The van der Waals surface area contributed by atoms with Gasteiger partial charge in [0.1, 0.15) is 0 Å². The predicted octanol–water partition coefficient (Wildman–Crippen LogP) is 1.69. The van der Waals surface area contributed by atoms with Crippen LogP contribution >= 0.6 is 11.8 Å². The minimum absolute atomic E-state index is 0.101. The van der Waals surface area contributed by atoms with E-state index in [0.29, 0.717) is 6.42 Å². The molecule has 0 aromatic heterocycles. The molecule has 0 aliphatic carbocycles. The first-order valence-corrected chi connectivity index (χ1v) is 6.40. The Morgan fingerprint density at radius 2 is 2.20 bits per heavy atom. The van der Waals surface area contributed by atoms with Crippen LogP contribution in [0.1, 0.15) is 27.2 Å². The lowest BCUT2D eigenvalue weighted by Gasteiger charge is -2.36. The summed E-state index contributed by atoms with van der Waals surface area (Å²) in [6, 6.07) is 0. The standard InChI is InChI=1S/C11H20O3S/c1-7(2)9(10(12)14-4)11(13)5-6-15-8(11)3/h7-9,13H,5-6H2,1-4H3. The smallest absolute Gasteiger partial charge is 0.311 e. The summed E-state index contributed by atoms with van der Waals surface area (Å²) in [6.45, 7) is 5.89. The third-order valence-electron chi connectivity index (χ3n) is 3.23. The summed E-state index contributed by atoms with van der Waals surface area (Å²) in [7, 11) is 1.38. The summed E-state index contributed by atoms with van der Waals surface area (Å²) >= 11 is 1.72. The molecule has 1 rings (SSSR count). The third kappa shape index (κ3) is 2.31. The molecule has 0 radical (unpaired) electrons. The number of rotatable bonds is 3. The van der Waals surface area contributed by atoms with E-state index in [1.54, 1.807) is 11.8 Å². The second-order valence-electron chi connectivity index (χ2n) is 4.50. The Morgan fingerprint density at radius 3 is 2.53 bits per heavy atom. The van der Waals surface area contributed by atoms with Crippen molar-refractivity contribution in [2.24, 2.45) is 11.8 Å². The number of aliphatic hydroxyl groups is 1. The van der Waals surface area contributed by atoms with Crippen molar-refractivity contribution in [2.75, 3.05) is 12.9 Å². The SMILES string of the molecule is COC(=O)C(C(C)C)C1(O)CCSC1C. The van der Waals surface area contributed by atoms with Crippen LogP contribution in [-0.4, -0.2) is 34.8 Å². The molecule has 0 spiro atoms. The second kappa shape index (κ2) is 4.74. The van der Waals surface area contributed by atoms with E-state index in [2.05, 4.69) is 0 Å². The molecule has 0 amide bonds. The topological polar surface area (TPSA) is 46.5 Å². The van der Waals surface area contributed by atoms with Crippen molar-refractivity contribution < 1.29 is 14.6 Å². The molecule has 0 bridgehead atoms. The van der Waals surface area contributed by atoms with Crippen LogP contribution in [0.4, 0.5) is 0 Å². The zero-order valence-electron chi connectivity index (χ0n) is 9.82. The van der Waals surface area contributed by atoms with Crippen LogP contribution in [-0.2, 0) is 9.53 Å². The maximum Gasteiger partial charge on any atom is 0.311 e. The minimum atomic E-state index is -0.897. The Morgan fingerprint density at radius 1 is 1.60 bits per heavy atom. The first-order valence-electron chi connectivity index (χ1n) is 5.35. The Hall–Kier alpha value is -0.220. The number of carbonyl (C=O) groups excluding carboxylic acids is 1. The normalized spacial score (nSPS) is 33.1. The number of ether oxygens (including phenoxy) is 1. The van der Waals surface area contributed by atoms with Crippen LogP contribution in [0.5, 0.6) is 0 Å². The zero-order valence-corrected chi connectivity index (χ0v) is 10.6. The molecule has 1 aliphatic rings. The average molecular weight is 232 g/mol. The molecule has 0 saturated carbocycles. The van der Waals surface area contributed by atoms with Crippen molar-refractivity contribution in [3.05, 3.63) is 0 Å². The summed E-state index contributed by atoms with van der Waals surface area (Å²) < 4.78 is 4.79. The first-order chi connectivity index (χ1) is 6.93. The highest BCUT2D eigenvalue weighted by atomic mass is 32.2. The lowest BCUT2D eigenvalue weighted by Crippen LogP contribution is -2.49. The molecule has 1 saturated heterocycles. The fourth-order valence-electron chi connectivity index (χ4n) is 2.34. The lowest BCUT2D eigenvalue weighted by atomic mass is 9.76. The van der Waals surface area contributed by atoms with E-state index in [1.165, 1.54) is 7.11 Å². The Kier molecular flexibility index (Phi) is 4.06. The molecule has 1 aliphatic heterocycles. The van der Waals surface area contributed by atoms with E-state index in [9.17, 15) is 9.90 Å². The summed E-state index contributed by atoms with van der Waals surface area (Å²) in [5, 5.41) is 10.7. The van der Waals surface area contributed by atoms with E-state index in [0.717, 1.165) is 5.75 Å². The number of methoxy groups -OCH3 is 1. The van der Waals surface area contributed by atoms with Crippen molar-refractivity contribution in [3.63, 3.8) is 0 Å². The zero-order chi connectivity index (χ0) is 11.6. The minimum Gasteiger partial charge on any atom is -0.469 e. The second-order valence-corrected chi connectivity index (χ2v) is 5.95. The van der Waals surface area contributed by atoms with Crippen molar-refractivity contribution in [1.82, 2.24) is 0 Å². The molecule has 1 fully saturated rings. The summed E-state index contributed by atoms with van der Waals surface area (Å²) in [6.07, 6.45) is 0.677. The molecule has 1 heterocycles. The van der Waals surface area contributed by atoms with Crippen molar-refractivity contribution >= 4 is 17.7 Å². The molecule has 3 atom stereocenters. The van der Waals surface area contributed by atoms with Gasteiger partial charge in [0.25, 0.3) is 0 Å². The fourth-order valence-corrected chi connectivity index (χ4v) is 3.69.